The number of thiazole rings is 1. The monoisotopic (exact) mass is 592 g/mol. The summed E-state index contributed by atoms with van der Waals surface area (Å²) in [5.41, 5.74) is 0.627. The van der Waals surface area contributed by atoms with Crippen LogP contribution in [0, 0.1) is 0 Å². The van der Waals surface area contributed by atoms with Crippen LogP contribution in [-0.2, 0) is 11.2 Å². The van der Waals surface area contributed by atoms with Crippen molar-refractivity contribution in [2.24, 2.45) is 0 Å². The van der Waals surface area contributed by atoms with E-state index in [4.69, 9.17) is 11.6 Å². The van der Waals surface area contributed by atoms with Crippen LogP contribution in [0.3, 0.4) is 0 Å². The van der Waals surface area contributed by atoms with Gasteiger partial charge in [0.2, 0.25) is 5.91 Å². The average molecular weight is 593 g/mol. The summed E-state index contributed by atoms with van der Waals surface area (Å²) in [5, 5.41) is 27.0. The lowest BCUT2D eigenvalue weighted by Crippen LogP contribution is -2.44. The molecule has 0 aliphatic carbocycles. The Morgan fingerprint density at radius 3 is 2.92 bits per heavy atom. The fourth-order valence-electron chi connectivity index (χ4n) is 4.61. The molecule has 1 aliphatic heterocycles. The number of aromatic nitrogens is 4. The summed E-state index contributed by atoms with van der Waals surface area (Å²) in [6.45, 7) is -3.20. The Labute approximate surface area is 235 Å². The van der Waals surface area contributed by atoms with Crippen LogP contribution in [0.15, 0.2) is 42.9 Å². The molecule has 1 unspecified atom stereocenters. The molecular formula is C25H23ClF2N6O5S. The minimum absolute atomic E-state index is 0.0806. The van der Waals surface area contributed by atoms with Gasteiger partial charge in [0.25, 0.3) is 5.91 Å². The molecule has 11 nitrogen and oxygen atoms in total. The van der Waals surface area contributed by atoms with Gasteiger partial charge in [-0.2, -0.15) is 13.9 Å². The summed E-state index contributed by atoms with van der Waals surface area (Å²) in [4.78, 5) is 36.6. The number of carbonyl (C=O) groups excluding carboxylic acids is 2. The number of fused-ring (bicyclic) bond motifs is 1. The van der Waals surface area contributed by atoms with Crippen molar-refractivity contribution in [2.75, 3.05) is 18.5 Å². The molecule has 4 aromatic rings. The van der Waals surface area contributed by atoms with Gasteiger partial charge in [-0.1, -0.05) is 11.6 Å². The molecule has 40 heavy (non-hydrogen) atoms. The first kappa shape index (κ1) is 27.8. The molecule has 1 saturated heterocycles. The van der Waals surface area contributed by atoms with Gasteiger partial charge < -0.3 is 25.2 Å². The number of alkyl halides is 2. The molecular weight excluding hydrogens is 570 g/mol. The number of nitrogens with zero attached hydrogens (tertiary/aromatic N) is 5. The quantitative estimate of drug-likeness (QED) is 0.269. The maximum Gasteiger partial charge on any atom is 0.387 e. The van der Waals surface area contributed by atoms with E-state index in [1.165, 1.54) is 40.0 Å². The number of anilines is 1. The molecule has 5 rings (SSSR count). The molecule has 3 N–H and O–H groups in total. The maximum absolute atomic E-state index is 13.3. The lowest BCUT2D eigenvalue weighted by atomic mass is 10.1. The van der Waals surface area contributed by atoms with Gasteiger partial charge in [0.1, 0.15) is 27.0 Å². The van der Waals surface area contributed by atoms with Crippen molar-refractivity contribution in [2.45, 2.75) is 38.0 Å². The number of hydrogen-bond donors (Lipinski definition) is 3. The highest BCUT2D eigenvalue weighted by Crippen LogP contribution is 2.41. The smallest absolute Gasteiger partial charge is 0.387 e. The largest absolute Gasteiger partial charge is 0.434 e. The Balaban J connectivity index is 1.51. The third-order valence-corrected chi connectivity index (χ3v) is 7.59. The minimum Gasteiger partial charge on any atom is -0.434 e. The van der Waals surface area contributed by atoms with Crippen LogP contribution in [0.5, 0.6) is 5.75 Å². The van der Waals surface area contributed by atoms with Crippen molar-refractivity contribution in [3.63, 3.8) is 0 Å². The summed E-state index contributed by atoms with van der Waals surface area (Å²) in [6.07, 6.45) is 4.42. The molecule has 1 fully saturated rings. The first-order valence-corrected chi connectivity index (χ1v) is 13.4. The van der Waals surface area contributed by atoms with Crippen molar-refractivity contribution in [3.8, 4) is 17.0 Å². The van der Waals surface area contributed by atoms with E-state index in [-0.39, 0.29) is 49.9 Å². The zero-order valence-electron chi connectivity index (χ0n) is 20.7. The van der Waals surface area contributed by atoms with Gasteiger partial charge in [-0.05, 0) is 37.1 Å². The topological polar surface area (TPSA) is 142 Å². The van der Waals surface area contributed by atoms with Crippen LogP contribution in [-0.4, -0.2) is 78.4 Å². The minimum atomic E-state index is -3.13. The van der Waals surface area contributed by atoms with Crippen molar-refractivity contribution in [3.05, 3.63) is 58.4 Å². The van der Waals surface area contributed by atoms with Crippen LogP contribution in [0.25, 0.3) is 16.9 Å². The van der Waals surface area contributed by atoms with Crippen LogP contribution in [0.1, 0.15) is 28.2 Å². The standard InChI is InChI=1S/C25H23ClF2N6O5S/c26-13-4-5-18(39-25(27)28)14(9-13)21-24(32-23(38)15-11-30-34-8-2-6-29-22(15)34)40-19(31-21)10-20(37)33-7-1-3-16(33)17(36)12-35/h2,4-6,8-9,11,16-17,25,35-36H,1,3,7,10,12H2,(H,32,38)/t16-,17?/m0/s1. The number of aliphatic hydroxyl groups is 2. The van der Waals surface area contributed by atoms with Crippen molar-refractivity contribution in [1.82, 2.24) is 24.5 Å². The van der Waals surface area contributed by atoms with E-state index in [1.54, 1.807) is 12.3 Å². The number of hydrogen-bond acceptors (Lipinski definition) is 9. The Morgan fingerprint density at radius 2 is 2.15 bits per heavy atom. The highest BCUT2D eigenvalue weighted by atomic mass is 35.5. The lowest BCUT2D eigenvalue weighted by Gasteiger charge is -2.27. The number of nitrogens with one attached hydrogen (secondary N) is 1. The Bertz CT molecular complexity index is 1550. The normalized spacial score (nSPS) is 16.1. The molecule has 0 radical (unpaired) electrons. The third kappa shape index (κ3) is 5.75. The molecule has 1 aliphatic rings. The van der Waals surface area contributed by atoms with E-state index in [2.05, 4.69) is 25.1 Å². The van der Waals surface area contributed by atoms with Crippen LogP contribution >= 0.6 is 22.9 Å². The van der Waals surface area contributed by atoms with Crippen molar-refractivity contribution < 1.29 is 33.3 Å². The second-order valence-electron chi connectivity index (χ2n) is 8.93. The van der Waals surface area contributed by atoms with Gasteiger partial charge in [0.05, 0.1) is 31.4 Å². The number of rotatable bonds is 9. The highest BCUT2D eigenvalue weighted by Gasteiger charge is 2.34. The molecule has 210 valence electrons. The van der Waals surface area contributed by atoms with Gasteiger partial charge in [-0.3, -0.25) is 9.59 Å². The first-order valence-electron chi connectivity index (χ1n) is 12.2. The van der Waals surface area contributed by atoms with Crippen molar-refractivity contribution >= 4 is 45.4 Å². The third-order valence-electron chi connectivity index (χ3n) is 6.39. The molecule has 2 atom stereocenters. The molecule has 3 aromatic heterocycles. The first-order chi connectivity index (χ1) is 19.2. The van der Waals surface area contributed by atoms with Gasteiger partial charge in [-0.25, -0.2) is 14.5 Å². The van der Waals surface area contributed by atoms with Crippen LogP contribution in [0.2, 0.25) is 5.02 Å². The second-order valence-corrected chi connectivity index (χ2v) is 10.4. The maximum atomic E-state index is 13.3. The summed E-state index contributed by atoms with van der Waals surface area (Å²) < 4.78 is 32.5. The van der Waals surface area contributed by atoms with E-state index >= 15 is 0 Å². The Morgan fingerprint density at radius 1 is 1.32 bits per heavy atom. The van der Waals surface area contributed by atoms with Gasteiger partial charge in [0, 0.05) is 29.5 Å². The zero-order valence-corrected chi connectivity index (χ0v) is 22.3. The van der Waals surface area contributed by atoms with Gasteiger partial charge >= 0.3 is 6.61 Å². The van der Waals surface area contributed by atoms with Gasteiger partial charge in [-0.15, -0.1) is 11.3 Å². The highest BCUT2D eigenvalue weighted by molar-refractivity contribution is 7.16. The average Bonchev–Trinajstić information content (AvgIpc) is 3.67. The lowest BCUT2D eigenvalue weighted by molar-refractivity contribution is -0.133. The van der Waals surface area contributed by atoms with Gasteiger partial charge in [0.15, 0.2) is 5.65 Å². The van der Waals surface area contributed by atoms with Crippen molar-refractivity contribution in [1.29, 1.82) is 0 Å². The number of aliphatic hydroxyl groups excluding tert-OH is 2. The number of halogens is 3. The Kier molecular flexibility index (Phi) is 8.21. The fourth-order valence-corrected chi connectivity index (χ4v) is 5.74. The van der Waals surface area contributed by atoms with Crippen LogP contribution in [0.4, 0.5) is 13.8 Å². The molecule has 1 aromatic carbocycles. The molecule has 0 bridgehead atoms. The second kappa shape index (κ2) is 11.8. The molecule has 4 heterocycles. The zero-order chi connectivity index (χ0) is 28.4. The molecule has 0 saturated carbocycles. The predicted octanol–water partition coefficient (Wildman–Crippen LogP) is 3.25. The summed E-state index contributed by atoms with van der Waals surface area (Å²) in [5.74, 6) is -1.14. The van der Waals surface area contributed by atoms with Crippen LogP contribution < -0.4 is 10.1 Å². The van der Waals surface area contributed by atoms with E-state index < -0.39 is 31.3 Å². The fraction of sp³-hybridized carbons (Fsp3) is 0.320. The van der Waals surface area contributed by atoms with E-state index in [0.717, 1.165) is 11.3 Å². The number of ether oxygens (including phenoxy) is 1. The van der Waals surface area contributed by atoms with E-state index in [0.29, 0.717) is 25.0 Å². The number of carbonyl (C=O) groups is 2. The molecule has 15 heteroatoms. The van der Waals surface area contributed by atoms with E-state index in [1.807, 2.05) is 0 Å². The molecule has 2 amide bonds. The van der Waals surface area contributed by atoms with E-state index in [9.17, 15) is 28.6 Å². The summed E-state index contributed by atoms with van der Waals surface area (Å²) in [6, 6.07) is 5.14. The predicted molar refractivity (Wildman–Crippen MR) is 142 cm³/mol. The number of benzene rings is 1. The summed E-state index contributed by atoms with van der Waals surface area (Å²) >= 11 is 7.15. The SMILES string of the molecule is O=C(Nc1sc(CC(=O)N2CCC[C@H]2C(O)CO)nc1-c1cc(Cl)ccc1OC(F)F)c1cnn2cccnc12. The number of likely N-dealkylation sites (tertiary alicyclic amines) is 1. The number of amides is 2. The Hall–Kier alpha value is -3.72. The molecule has 0 spiro atoms. The summed E-state index contributed by atoms with van der Waals surface area (Å²) in [7, 11) is 0.